The zero-order valence-corrected chi connectivity index (χ0v) is 13.7. The molecule has 0 aromatic heterocycles. The molecule has 2 N–H and O–H groups in total. The first kappa shape index (κ1) is 17.1. The summed E-state index contributed by atoms with van der Waals surface area (Å²) in [7, 11) is 1.48. The van der Waals surface area contributed by atoms with Gasteiger partial charge in [0.05, 0.1) is 29.3 Å². The molecule has 5 nitrogen and oxygen atoms in total. The molecule has 2 aromatic carbocycles. The number of methoxy groups -OCH3 is 1. The van der Waals surface area contributed by atoms with Gasteiger partial charge in [-0.1, -0.05) is 35.3 Å². The maximum atomic E-state index is 12.1. The molecule has 120 valence electrons. The van der Waals surface area contributed by atoms with E-state index in [2.05, 4.69) is 10.6 Å². The normalized spacial score (nSPS) is 10.0. The van der Waals surface area contributed by atoms with Gasteiger partial charge in [0.15, 0.2) is 0 Å². The van der Waals surface area contributed by atoms with Crippen LogP contribution in [0.5, 0.6) is 5.75 Å². The van der Waals surface area contributed by atoms with E-state index < -0.39 is 5.91 Å². The second-order valence-electron chi connectivity index (χ2n) is 4.56. The fraction of sp³-hybridized carbons (Fsp3) is 0.125. The van der Waals surface area contributed by atoms with Crippen LogP contribution in [0.1, 0.15) is 10.4 Å². The highest BCUT2D eigenvalue weighted by molar-refractivity contribution is 6.42. The molecule has 23 heavy (non-hydrogen) atoms. The first-order valence-corrected chi connectivity index (χ1v) is 7.43. The van der Waals surface area contributed by atoms with Crippen molar-refractivity contribution in [2.24, 2.45) is 0 Å². The van der Waals surface area contributed by atoms with Crippen LogP contribution >= 0.6 is 23.2 Å². The number of benzene rings is 2. The minimum atomic E-state index is -0.397. The van der Waals surface area contributed by atoms with Gasteiger partial charge in [0, 0.05) is 5.69 Å². The molecule has 2 rings (SSSR count). The summed E-state index contributed by atoms with van der Waals surface area (Å²) in [6, 6.07) is 11.5. The lowest BCUT2D eigenvalue weighted by molar-refractivity contribution is -0.115. The second kappa shape index (κ2) is 7.85. The van der Waals surface area contributed by atoms with Crippen molar-refractivity contribution < 1.29 is 14.3 Å². The molecule has 2 aromatic rings. The smallest absolute Gasteiger partial charge is 0.255 e. The summed E-state index contributed by atoms with van der Waals surface area (Å²) in [4.78, 5) is 23.9. The van der Waals surface area contributed by atoms with Crippen LogP contribution in [0.25, 0.3) is 0 Å². The van der Waals surface area contributed by atoms with E-state index in [1.165, 1.54) is 13.2 Å². The number of nitrogens with one attached hydrogen (secondary N) is 2. The van der Waals surface area contributed by atoms with Crippen molar-refractivity contribution in [1.82, 2.24) is 5.32 Å². The monoisotopic (exact) mass is 352 g/mol. The summed E-state index contributed by atoms with van der Waals surface area (Å²) >= 11 is 11.7. The number of hydrogen-bond acceptors (Lipinski definition) is 3. The zero-order valence-electron chi connectivity index (χ0n) is 12.2. The molecule has 0 aliphatic heterocycles. The maximum Gasteiger partial charge on any atom is 0.255 e. The third-order valence-electron chi connectivity index (χ3n) is 2.96. The number of para-hydroxylation sites is 1. The molecule has 0 bridgehead atoms. The van der Waals surface area contributed by atoms with E-state index in [0.717, 1.165) is 0 Å². The fourth-order valence-corrected chi connectivity index (χ4v) is 2.17. The molecule has 0 saturated heterocycles. The van der Waals surface area contributed by atoms with E-state index in [1.54, 1.807) is 36.4 Å². The maximum absolute atomic E-state index is 12.1. The first-order valence-electron chi connectivity index (χ1n) is 6.67. The average molecular weight is 353 g/mol. The Kier molecular flexibility index (Phi) is 5.84. The van der Waals surface area contributed by atoms with Crippen LogP contribution in [-0.2, 0) is 4.79 Å². The van der Waals surface area contributed by atoms with Gasteiger partial charge < -0.3 is 15.4 Å². The Bertz CT molecular complexity index is 735. The van der Waals surface area contributed by atoms with Crippen LogP contribution in [0.2, 0.25) is 10.0 Å². The summed E-state index contributed by atoms with van der Waals surface area (Å²) in [6.45, 7) is -0.183. The summed E-state index contributed by atoms with van der Waals surface area (Å²) in [6.07, 6.45) is 0. The van der Waals surface area contributed by atoms with E-state index in [1.807, 2.05) is 0 Å². The van der Waals surface area contributed by atoms with Gasteiger partial charge in [0.1, 0.15) is 5.75 Å². The Morgan fingerprint density at radius 1 is 1.09 bits per heavy atom. The van der Waals surface area contributed by atoms with Gasteiger partial charge in [-0.05, 0) is 30.3 Å². The highest BCUT2D eigenvalue weighted by atomic mass is 35.5. The van der Waals surface area contributed by atoms with Crippen molar-refractivity contribution >= 4 is 40.7 Å². The molecule has 0 aliphatic carbocycles. The molecule has 0 saturated carbocycles. The van der Waals surface area contributed by atoms with Gasteiger partial charge in [0.25, 0.3) is 5.91 Å². The summed E-state index contributed by atoms with van der Waals surface area (Å²) < 4.78 is 5.10. The van der Waals surface area contributed by atoms with Crippen LogP contribution in [0.4, 0.5) is 5.69 Å². The lowest BCUT2D eigenvalue weighted by Crippen LogP contribution is -2.33. The number of hydrogen-bond donors (Lipinski definition) is 2. The number of carbonyl (C=O) groups is 2. The van der Waals surface area contributed by atoms with Crippen LogP contribution in [0.15, 0.2) is 42.5 Å². The van der Waals surface area contributed by atoms with Gasteiger partial charge >= 0.3 is 0 Å². The van der Waals surface area contributed by atoms with E-state index >= 15 is 0 Å². The second-order valence-corrected chi connectivity index (χ2v) is 5.37. The van der Waals surface area contributed by atoms with E-state index in [9.17, 15) is 9.59 Å². The molecular formula is C16H14Cl2N2O3. The van der Waals surface area contributed by atoms with Crippen molar-refractivity contribution in [3.05, 3.63) is 58.1 Å². The van der Waals surface area contributed by atoms with Crippen molar-refractivity contribution in [2.45, 2.75) is 0 Å². The Hall–Kier alpha value is -2.24. The van der Waals surface area contributed by atoms with Crippen LogP contribution in [0, 0.1) is 0 Å². The number of halogens is 2. The van der Waals surface area contributed by atoms with Gasteiger partial charge in [-0.3, -0.25) is 9.59 Å². The molecule has 0 unspecified atom stereocenters. The summed E-state index contributed by atoms with van der Waals surface area (Å²) in [5.41, 5.74) is 0.855. The number of ether oxygens (including phenoxy) is 1. The molecule has 0 aliphatic rings. The highest BCUT2D eigenvalue weighted by Crippen LogP contribution is 2.24. The Morgan fingerprint density at radius 2 is 1.83 bits per heavy atom. The number of rotatable bonds is 5. The molecular weight excluding hydrogens is 339 g/mol. The highest BCUT2D eigenvalue weighted by Gasteiger charge is 2.12. The topological polar surface area (TPSA) is 67.4 Å². The van der Waals surface area contributed by atoms with Crippen molar-refractivity contribution in [2.75, 3.05) is 19.0 Å². The van der Waals surface area contributed by atoms with E-state index in [4.69, 9.17) is 27.9 Å². The molecule has 2 amide bonds. The summed E-state index contributed by atoms with van der Waals surface area (Å²) in [5.74, 6) is -0.340. The van der Waals surface area contributed by atoms with Gasteiger partial charge in [-0.25, -0.2) is 0 Å². The van der Waals surface area contributed by atoms with Crippen LogP contribution in [-0.4, -0.2) is 25.5 Å². The van der Waals surface area contributed by atoms with Gasteiger partial charge in [0.2, 0.25) is 5.91 Å². The molecule has 7 heteroatoms. The Labute approximate surface area is 143 Å². The van der Waals surface area contributed by atoms with Crippen molar-refractivity contribution in [1.29, 1.82) is 0 Å². The number of carbonyl (C=O) groups excluding carboxylic acids is 2. The quantitative estimate of drug-likeness (QED) is 0.866. The Balaban J connectivity index is 1.93. The van der Waals surface area contributed by atoms with E-state index in [-0.39, 0.29) is 12.5 Å². The minimum Gasteiger partial charge on any atom is -0.496 e. The number of anilines is 1. The third kappa shape index (κ3) is 4.61. The SMILES string of the molecule is COc1ccccc1C(=O)NCC(=O)Nc1ccc(Cl)c(Cl)c1. The molecule has 0 fully saturated rings. The molecule has 0 atom stereocenters. The largest absolute Gasteiger partial charge is 0.496 e. The lowest BCUT2D eigenvalue weighted by Gasteiger charge is -2.10. The molecule has 0 spiro atoms. The third-order valence-corrected chi connectivity index (χ3v) is 3.70. The van der Waals surface area contributed by atoms with Crippen molar-refractivity contribution in [3.8, 4) is 5.75 Å². The first-order chi connectivity index (χ1) is 11.0. The van der Waals surface area contributed by atoms with E-state index in [0.29, 0.717) is 27.0 Å². The van der Waals surface area contributed by atoms with Crippen LogP contribution < -0.4 is 15.4 Å². The average Bonchev–Trinajstić information content (AvgIpc) is 2.56. The van der Waals surface area contributed by atoms with Crippen molar-refractivity contribution in [3.63, 3.8) is 0 Å². The summed E-state index contributed by atoms with van der Waals surface area (Å²) in [5, 5.41) is 5.88. The zero-order chi connectivity index (χ0) is 16.8. The predicted octanol–water partition coefficient (Wildman–Crippen LogP) is 3.37. The minimum absolute atomic E-state index is 0.183. The lowest BCUT2D eigenvalue weighted by atomic mass is 10.2. The standard InChI is InChI=1S/C16H14Cl2N2O3/c1-23-14-5-3-2-4-11(14)16(22)19-9-15(21)20-10-6-7-12(17)13(18)8-10/h2-8H,9H2,1H3,(H,19,22)(H,20,21). The van der Waals surface area contributed by atoms with Gasteiger partial charge in [-0.2, -0.15) is 0 Å². The predicted molar refractivity (Wildman–Crippen MR) is 90.4 cm³/mol. The molecule has 0 radical (unpaired) electrons. The fourth-order valence-electron chi connectivity index (χ4n) is 1.87. The van der Waals surface area contributed by atoms with Gasteiger partial charge in [-0.15, -0.1) is 0 Å². The van der Waals surface area contributed by atoms with Crippen LogP contribution in [0.3, 0.4) is 0 Å². The Morgan fingerprint density at radius 3 is 2.52 bits per heavy atom. The number of amides is 2. The molecule has 0 heterocycles.